The maximum Gasteiger partial charge on any atom is 0.241 e. The highest BCUT2D eigenvalue weighted by Crippen LogP contribution is 2.21. The Labute approximate surface area is 112 Å². The molecule has 1 aromatic carbocycles. The molecule has 3 nitrogen and oxygen atoms in total. The summed E-state index contributed by atoms with van der Waals surface area (Å²) in [5.41, 5.74) is 0. The Morgan fingerprint density at radius 2 is 1.82 bits per heavy atom. The van der Waals surface area contributed by atoms with Crippen LogP contribution in [-0.2, 0) is 10.0 Å². The molecule has 17 heavy (non-hydrogen) atoms. The third-order valence-corrected chi connectivity index (χ3v) is 4.91. The lowest BCUT2D eigenvalue weighted by Gasteiger charge is -2.16. The molecule has 0 fully saturated rings. The van der Waals surface area contributed by atoms with E-state index in [4.69, 9.17) is 0 Å². The van der Waals surface area contributed by atoms with Gasteiger partial charge in [0.25, 0.3) is 0 Å². The number of hydrogen-bond acceptors (Lipinski definition) is 2. The van der Waals surface area contributed by atoms with E-state index in [0.29, 0.717) is 10.4 Å². The highest BCUT2D eigenvalue weighted by atomic mass is 79.9. The quantitative estimate of drug-likeness (QED) is 0.906. The average molecular weight is 320 g/mol. The van der Waals surface area contributed by atoms with Gasteiger partial charge in [-0.05, 0) is 47.3 Å². The van der Waals surface area contributed by atoms with E-state index in [1.54, 1.807) is 24.3 Å². The van der Waals surface area contributed by atoms with Gasteiger partial charge in [-0.15, -0.1) is 0 Å². The molecule has 1 atom stereocenters. The molecule has 1 aromatic rings. The summed E-state index contributed by atoms with van der Waals surface area (Å²) in [7, 11) is -3.43. The van der Waals surface area contributed by atoms with Gasteiger partial charge in [-0.25, -0.2) is 13.1 Å². The van der Waals surface area contributed by atoms with Gasteiger partial charge in [0.05, 0.1) is 4.90 Å². The standard InChI is InChI=1S/C12H18BrNO2S/c1-9(2)8-10(3)14-17(15,16)12-7-5-4-6-11(12)13/h4-7,9-10,14H,8H2,1-3H3. The monoisotopic (exact) mass is 319 g/mol. The molecule has 0 aliphatic heterocycles. The molecule has 0 aliphatic rings. The lowest BCUT2D eigenvalue weighted by Crippen LogP contribution is -2.33. The summed E-state index contributed by atoms with van der Waals surface area (Å²) in [6.45, 7) is 6.03. The molecule has 0 radical (unpaired) electrons. The maximum absolute atomic E-state index is 12.1. The number of hydrogen-bond donors (Lipinski definition) is 1. The van der Waals surface area contributed by atoms with Crippen molar-refractivity contribution in [2.45, 2.75) is 38.1 Å². The molecule has 0 bridgehead atoms. The third-order valence-electron chi connectivity index (χ3n) is 2.31. The van der Waals surface area contributed by atoms with Crippen molar-refractivity contribution in [2.75, 3.05) is 0 Å². The van der Waals surface area contributed by atoms with Crippen LogP contribution in [0.25, 0.3) is 0 Å². The van der Waals surface area contributed by atoms with E-state index in [1.807, 2.05) is 6.92 Å². The molecule has 0 heterocycles. The van der Waals surface area contributed by atoms with E-state index >= 15 is 0 Å². The molecule has 5 heteroatoms. The summed E-state index contributed by atoms with van der Waals surface area (Å²) in [5, 5.41) is 0. The fourth-order valence-electron chi connectivity index (χ4n) is 1.75. The minimum Gasteiger partial charge on any atom is -0.208 e. The predicted molar refractivity (Wildman–Crippen MR) is 73.4 cm³/mol. The SMILES string of the molecule is CC(C)CC(C)NS(=O)(=O)c1ccccc1Br. The summed E-state index contributed by atoms with van der Waals surface area (Å²) in [5.74, 6) is 0.465. The molecule has 0 saturated heterocycles. The highest BCUT2D eigenvalue weighted by molar-refractivity contribution is 9.10. The van der Waals surface area contributed by atoms with Gasteiger partial charge < -0.3 is 0 Å². The predicted octanol–water partition coefficient (Wildman–Crippen LogP) is 3.16. The lowest BCUT2D eigenvalue weighted by molar-refractivity contribution is 0.482. The van der Waals surface area contributed by atoms with Gasteiger partial charge in [0.15, 0.2) is 0 Å². The molecule has 0 saturated carbocycles. The van der Waals surface area contributed by atoms with Crippen molar-refractivity contribution < 1.29 is 8.42 Å². The zero-order chi connectivity index (χ0) is 13.1. The van der Waals surface area contributed by atoms with Crippen LogP contribution < -0.4 is 4.72 Å². The molecule has 1 unspecified atom stereocenters. The van der Waals surface area contributed by atoms with Gasteiger partial charge in [0.1, 0.15) is 0 Å². The van der Waals surface area contributed by atoms with Crippen molar-refractivity contribution >= 4 is 26.0 Å². The van der Waals surface area contributed by atoms with Gasteiger partial charge in [-0.2, -0.15) is 0 Å². The van der Waals surface area contributed by atoms with Crippen LogP contribution in [0.4, 0.5) is 0 Å². The van der Waals surface area contributed by atoms with Crippen LogP contribution in [0, 0.1) is 5.92 Å². The second-order valence-corrected chi connectivity index (χ2v) is 7.12. The molecular weight excluding hydrogens is 302 g/mol. The minimum atomic E-state index is -3.43. The minimum absolute atomic E-state index is 0.0629. The molecule has 1 N–H and O–H groups in total. The summed E-state index contributed by atoms with van der Waals surface area (Å²) in [4.78, 5) is 0.288. The number of nitrogens with one attached hydrogen (secondary N) is 1. The Kier molecular flexibility index (Phi) is 5.16. The van der Waals surface area contributed by atoms with Gasteiger partial charge in [-0.1, -0.05) is 26.0 Å². The summed E-state index contributed by atoms with van der Waals surface area (Å²) in [6, 6.07) is 6.76. The van der Waals surface area contributed by atoms with Crippen LogP contribution in [0.5, 0.6) is 0 Å². The summed E-state index contributed by atoms with van der Waals surface area (Å²) < 4.78 is 27.5. The second kappa shape index (κ2) is 5.98. The highest BCUT2D eigenvalue weighted by Gasteiger charge is 2.19. The van der Waals surface area contributed by atoms with Crippen molar-refractivity contribution in [1.29, 1.82) is 0 Å². The van der Waals surface area contributed by atoms with E-state index in [2.05, 4.69) is 34.5 Å². The molecule has 0 aromatic heterocycles. The van der Waals surface area contributed by atoms with Gasteiger partial charge >= 0.3 is 0 Å². The number of sulfonamides is 1. The number of rotatable bonds is 5. The zero-order valence-corrected chi connectivity index (χ0v) is 12.7. The van der Waals surface area contributed by atoms with Crippen LogP contribution in [0.2, 0.25) is 0 Å². The van der Waals surface area contributed by atoms with Crippen LogP contribution in [0.15, 0.2) is 33.6 Å². The zero-order valence-electron chi connectivity index (χ0n) is 10.3. The van der Waals surface area contributed by atoms with E-state index in [1.165, 1.54) is 0 Å². The van der Waals surface area contributed by atoms with Gasteiger partial charge in [0.2, 0.25) is 10.0 Å². The largest absolute Gasteiger partial charge is 0.241 e. The third kappa shape index (κ3) is 4.41. The molecule has 1 rings (SSSR count). The van der Waals surface area contributed by atoms with Gasteiger partial charge in [0, 0.05) is 10.5 Å². The lowest BCUT2D eigenvalue weighted by atomic mass is 10.1. The molecule has 0 aliphatic carbocycles. The second-order valence-electron chi connectivity index (χ2n) is 4.58. The Morgan fingerprint density at radius 3 is 2.35 bits per heavy atom. The fourth-order valence-corrected chi connectivity index (χ4v) is 4.01. The van der Waals surface area contributed by atoms with E-state index in [9.17, 15) is 8.42 Å². The van der Waals surface area contributed by atoms with Crippen molar-refractivity contribution in [2.24, 2.45) is 5.92 Å². The Morgan fingerprint density at radius 1 is 1.24 bits per heavy atom. The van der Waals surface area contributed by atoms with Crippen LogP contribution in [0.1, 0.15) is 27.2 Å². The van der Waals surface area contributed by atoms with Crippen LogP contribution >= 0.6 is 15.9 Å². The fraction of sp³-hybridized carbons (Fsp3) is 0.500. The normalized spacial score (nSPS) is 13.9. The Balaban J connectivity index is 2.86. The van der Waals surface area contributed by atoms with Crippen LogP contribution in [0.3, 0.4) is 0 Å². The first-order valence-corrected chi connectivity index (χ1v) is 7.87. The maximum atomic E-state index is 12.1. The van der Waals surface area contributed by atoms with E-state index in [-0.39, 0.29) is 10.9 Å². The molecular formula is C12H18BrNO2S. The van der Waals surface area contributed by atoms with Crippen molar-refractivity contribution in [3.8, 4) is 0 Å². The Bertz CT molecular complexity index is 471. The summed E-state index contributed by atoms with van der Waals surface area (Å²) >= 11 is 3.25. The summed E-state index contributed by atoms with van der Waals surface area (Å²) in [6.07, 6.45) is 0.823. The molecule has 0 amide bonds. The van der Waals surface area contributed by atoms with Crippen molar-refractivity contribution in [3.63, 3.8) is 0 Å². The molecule has 0 spiro atoms. The van der Waals surface area contributed by atoms with Crippen molar-refractivity contribution in [3.05, 3.63) is 28.7 Å². The number of benzene rings is 1. The average Bonchev–Trinajstić information content (AvgIpc) is 2.15. The van der Waals surface area contributed by atoms with E-state index in [0.717, 1.165) is 6.42 Å². The Hall–Kier alpha value is -0.390. The van der Waals surface area contributed by atoms with Crippen molar-refractivity contribution in [1.82, 2.24) is 4.72 Å². The first kappa shape index (κ1) is 14.7. The topological polar surface area (TPSA) is 46.2 Å². The first-order valence-electron chi connectivity index (χ1n) is 5.60. The van der Waals surface area contributed by atoms with E-state index < -0.39 is 10.0 Å². The smallest absolute Gasteiger partial charge is 0.208 e. The first-order chi connectivity index (χ1) is 7.83. The van der Waals surface area contributed by atoms with Gasteiger partial charge in [-0.3, -0.25) is 0 Å². The molecule has 96 valence electrons. The number of halogens is 1. The van der Waals surface area contributed by atoms with Crippen LogP contribution in [-0.4, -0.2) is 14.5 Å².